The first-order valence-corrected chi connectivity index (χ1v) is 7.83. The van der Waals surface area contributed by atoms with Gasteiger partial charge < -0.3 is 0 Å². The first kappa shape index (κ1) is 13.5. The molecule has 104 valence electrons. The number of benzene rings is 1. The average Bonchev–Trinajstić information content (AvgIpc) is 3.09. The van der Waals surface area contributed by atoms with Crippen LogP contribution in [0.5, 0.6) is 0 Å². The first-order chi connectivity index (χ1) is 9.74. The van der Waals surface area contributed by atoms with Crippen LogP contribution in [0.25, 0.3) is 0 Å². The molecule has 0 aliphatic heterocycles. The summed E-state index contributed by atoms with van der Waals surface area (Å²) in [6.45, 7) is 0. The van der Waals surface area contributed by atoms with Crippen molar-refractivity contribution in [1.29, 1.82) is 0 Å². The molecule has 0 radical (unpaired) electrons. The minimum Gasteiger partial charge on any atom is -0.296 e. The van der Waals surface area contributed by atoms with Crippen molar-refractivity contribution in [2.75, 3.05) is 5.32 Å². The van der Waals surface area contributed by atoms with Crippen molar-refractivity contribution in [3.63, 3.8) is 0 Å². The molecule has 0 saturated heterocycles. The number of hydrogen-bond acceptors (Lipinski definition) is 4. The fraction of sp³-hybridized carbons (Fsp3) is 0.357. The summed E-state index contributed by atoms with van der Waals surface area (Å²) in [7, 11) is 0. The van der Waals surface area contributed by atoms with Gasteiger partial charge in [-0.1, -0.05) is 47.9 Å². The maximum absolute atomic E-state index is 12.1. The Balaban J connectivity index is 1.72. The molecular formula is C14H14ClN3OS. The maximum atomic E-state index is 12.1. The molecule has 0 spiro atoms. The molecule has 0 bridgehead atoms. The van der Waals surface area contributed by atoms with Crippen molar-refractivity contribution < 1.29 is 4.79 Å². The molecule has 1 aliphatic rings. The molecule has 1 N–H and O–H groups in total. The van der Waals surface area contributed by atoms with Crippen LogP contribution < -0.4 is 5.32 Å². The first-order valence-electron chi connectivity index (χ1n) is 6.63. The number of aromatic nitrogens is 2. The van der Waals surface area contributed by atoms with E-state index in [1.54, 1.807) is 24.3 Å². The van der Waals surface area contributed by atoms with E-state index in [0.717, 1.165) is 5.01 Å². The number of nitrogens with zero attached hydrogens (tertiary/aromatic N) is 2. The lowest BCUT2D eigenvalue weighted by atomic mass is 10.1. The maximum Gasteiger partial charge on any atom is 0.259 e. The van der Waals surface area contributed by atoms with Gasteiger partial charge in [0, 0.05) is 5.92 Å². The zero-order chi connectivity index (χ0) is 13.9. The molecule has 1 aliphatic carbocycles. The molecule has 4 nitrogen and oxygen atoms in total. The molecule has 1 aromatic heterocycles. The topological polar surface area (TPSA) is 54.9 Å². The normalized spacial score (nSPS) is 15.4. The highest BCUT2D eigenvalue weighted by Gasteiger charge is 2.21. The molecule has 6 heteroatoms. The van der Waals surface area contributed by atoms with Crippen molar-refractivity contribution in [3.8, 4) is 0 Å². The molecule has 1 saturated carbocycles. The van der Waals surface area contributed by atoms with Gasteiger partial charge in [0.25, 0.3) is 5.91 Å². The number of carbonyl (C=O) groups is 1. The zero-order valence-electron chi connectivity index (χ0n) is 10.8. The van der Waals surface area contributed by atoms with Crippen LogP contribution in [-0.4, -0.2) is 16.1 Å². The Morgan fingerprint density at radius 2 is 2.00 bits per heavy atom. The van der Waals surface area contributed by atoms with Crippen LogP contribution in [0.2, 0.25) is 5.02 Å². The second-order valence-electron chi connectivity index (χ2n) is 4.86. The molecule has 1 amide bonds. The van der Waals surface area contributed by atoms with E-state index in [9.17, 15) is 4.79 Å². The fourth-order valence-electron chi connectivity index (χ4n) is 2.43. The predicted molar refractivity (Wildman–Crippen MR) is 80.5 cm³/mol. The molecule has 0 atom stereocenters. The number of hydrogen-bond donors (Lipinski definition) is 1. The molecule has 1 heterocycles. The number of halogens is 1. The largest absolute Gasteiger partial charge is 0.296 e. The van der Waals surface area contributed by atoms with Crippen LogP contribution >= 0.6 is 22.9 Å². The van der Waals surface area contributed by atoms with Crippen LogP contribution in [0.15, 0.2) is 24.3 Å². The summed E-state index contributed by atoms with van der Waals surface area (Å²) in [4.78, 5) is 12.1. The summed E-state index contributed by atoms with van der Waals surface area (Å²) in [5, 5.41) is 13.0. The van der Waals surface area contributed by atoms with Gasteiger partial charge >= 0.3 is 0 Å². The molecule has 3 rings (SSSR count). The predicted octanol–water partition coefficient (Wildman–Crippen LogP) is 4.10. The summed E-state index contributed by atoms with van der Waals surface area (Å²) in [5.41, 5.74) is 0.451. The van der Waals surface area contributed by atoms with E-state index in [0.29, 0.717) is 21.6 Å². The summed E-state index contributed by atoms with van der Waals surface area (Å²) >= 11 is 7.46. The Hall–Kier alpha value is -1.46. The highest BCUT2D eigenvalue weighted by atomic mass is 35.5. The second kappa shape index (κ2) is 5.89. The summed E-state index contributed by atoms with van der Waals surface area (Å²) in [6, 6.07) is 6.96. The van der Waals surface area contributed by atoms with Gasteiger partial charge in [-0.15, -0.1) is 10.2 Å². The monoisotopic (exact) mass is 307 g/mol. The third kappa shape index (κ3) is 2.83. The lowest BCUT2D eigenvalue weighted by molar-refractivity contribution is 0.102. The molecule has 1 fully saturated rings. The van der Waals surface area contributed by atoms with Crippen LogP contribution in [0.4, 0.5) is 5.13 Å². The van der Waals surface area contributed by atoms with E-state index in [1.165, 1.54) is 37.0 Å². The van der Waals surface area contributed by atoms with Crippen LogP contribution in [0.3, 0.4) is 0 Å². The Morgan fingerprint density at radius 1 is 1.25 bits per heavy atom. The smallest absolute Gasteiger partial charge is 0.259 e. The third-order valence-electron chi connectivity index (χ3n) is 3.48. The average molecular weight is 308 g/mol. The number of amides is 1. The summed E-state index contributed by atoms with van der Waals surface area (Å²) < 4.78 is 0. The number of anilines is 1. The number of rotatable bonds is 3. The quantitative estimate of drug-likeness (QED) is 0.928. The van der Waals surface area contributed by atoms with Crippen molar-refractivity contribution >= 4 is 34.0 Å². The van der Waals surface area contributed by atoms with Gasteiger partial charge in [0.15, 0.2) is 0 Å². The molecule has 20 heavy (non-hydrogen) atoms. The van der Waals surface area contributed by atoms with Crippen molar-refractivity contribution in [1.82, 2.24) is 10.2 Å². The SMILES string of the molecule is O=C(Nc1nnc(C2CCCC2)s1)c1ccccc1Cl. The number of carbonyl (C=O) groups excluding carboxylic acids is 1. The fourth-order valence-corrected chi connectivity index (χ4v) is 3.56. The Bertz CT molecular complexity index is 622. The Kier molecular flexibility index (Phi) is 3.98. The minimum atomic E-state index is -0.246. The molecule has 0 unspecified atom stereocenters. The molecule has 2 aromatic rings. The van der Waals surface area contributed by atoms with Gasteiger partial charge in [-0.3, -0.25) is 10.1 Å². The zero-order valence-corrected chi connectivity index (χ0v) is 12.4. The highest BCUT2D eigenvalue weighted by Crippen LogP contribution is 2.36. The Morgan fingerprint density at radius 3 is 2.75 bits per heavy atom. The molecule has 1 aromatic carbocycles. The van der Waals surface area contributed by atoms with Crippen molar-refractivity contribution in [2.24, 2.45) is 0 Å². The van der Waals surface area contributed by atoms with E-state index in [4.69, 9.17) is 11.6 Å². The van der Waals surface area contributed by atoms with Crippen LogP contribution in [-0.2, 0) is 0 Å². The third-order valence-corrected chi connectivity index (χ3v) is 4.81. The van der Waals surface area contributed by atoms with E-state index in [1.807, 2.05) is 0 Å². The number of nitrogens with one attached hydrogen (secondary N) is 1. The van der Waals surface area contributed by atoms with E-state index in [2.05, 4.69) is 15.5 Å². The second-order valence-corrected chi connectivity index (χ2v) is 6.28. The van der Waals surface area contributed by atoms with E-state index in [-0.39, 0.29) is 5.91 Å². The van der Waals surface area contributed by atoms with Gasteiger partial charge in [0.2, 0.25) is 5.13 Å². The van der Waals surface area contributed by atoms with Gasteiger partial charge in [0.05, 0.1) is 10.6 Å². The van der Waals surface area contributed by atoms with Gasteiger partial charge in [-0.2, -0.15) is 0 Å². The standard InChI is InChI=1S/C14H14ClN3OS/c15-11-8-4-3-7-10(11)12(19)16-14-18-17-13(20-14)9-5-1-2-6-9/h3-4,7-9H,1-2,5-6H2,(H,16,18,19). The summed E-state index contributed by atoms with van der Waals surface area (Å²) in [6.07, 6.45) is 4.86. The van der Waals surface area contributed by atoms with Gasteiger partial charge in [-0.05, 0) is 25.0 Å². The van der Waals surface area contributed by atoms with E-state index < -0.39 is 0 Å². The van der Waals surface area contributed by atoms with Crippen molar-refractivity contribution in [2.45, 2.75) is 31.6 Å². The molecular weight excluding hydrogens is 294 g/mol. The van der Waals surface area contributed by atoms with Crippen LogP contribution in [0.1, 0.15) is 47.0 Å². The van der Waals surface area contributed by atoms with Gasteiger partial charge in [-0.25, -0.2) is 0 Å². The summed E-state index contributed by atoms with van der Waals surface area (Å²) in [5.74, 6) is 0.267. The lowest BCUT2D eigenvalue weighted by Crippen LogP contribution is -2.12. The highest BCUT2D eigenvalue weighted by molar-refractivity contribution is 7.15. The van der Waals surface area contributed by atoms with Gasteiger partial charge in [0.1, 0.15) is 5.01 Å². The van der Waals surface area contributed by atoms with E-state index >= 15 is 0 Å². The van der Waals surface area contributed by atoms with Crippen molar-refractivity contribution in [3.05, 3.63) is 39.9 Å². The minimum absolute atomic E-state index is 0.246. The lowest BCUT2D eigenvalue weighted by Gasteiger charge is -2.03. The van der Waals surface area contributed by atoms with Crippen LogP contribution in [0, 0.1) is 0 Å². The Labute approximate surface area is 126 Å².